The van der Waals surface area contributed by atoms with Crippen molar-refractivity contribution in [1.29, 1.82) is 0 Å². The molecule has 128 valence electrons. The Morgan fingerprint density at radius 1 is 1.04 bits per heavy atom. The smallest absolute Gasteiger partial charge is 0.258 e. The van der Waals surface area contributed by atoms with Crippen molar-refractivity contribution in [2.45, 2.75) is 19.9 Å². The molecule has 0 bridgehead atoms. The highest BCUT2D eigenvalue weighted by atomic mass is 32.1. The van der Waals surface area contributed by atoms with E-state index in [9.17, 15) is 4.79 Å². The summed E-state index contributed by atoms with van der Waals surface area (Å²) in [6, 6.07) is 19.8. The van der Waals surface area contributed by atoms with Crippen molar-refractivity contribution in [3.63, 3.8) is 0 Å². The summed E-state index contributed by atoms with van der Waals surface area (Å²) in [6.07, 6.45) is 0. The van der Waals surface area contributed by atoms with E-state index in [4.69, 9.17) is 4.74 Å². The van der Waals surface area contributed by atoms with Crippen molar-refractivity contribution in [2.24, 2.45) is 0 Å². The van der Waals surface area contributed by atoms with Gasteiger partial charge in [0.25, 0.3) is 5.91 Å². The molecular formula is C21H21NO2S. The molecule has 2 aromatic carbocycles. The Kier molecular flexibility index (Phi) is 5.51. The highest BCUT2D eigenvalue weighted by Crippen LogP contribution is 2.26. The van der Waals surface area contributed by atoms with E-state index in [0.717, 1.165) is 16.0 Å². The molecule has 4 heteroatoms. The van der Waals surface area contributed by atoms with Crippen LogP contribution in [0.1, 0.15) is 27.6 Å². The summed E-state index contributed by atoms with van der Waals surface area (Å²) in [5.41, 5.74) is 3.37. The van der Waals surface area contributed by atoms with Crippen LogP contribution in [0.2, 0.25) is 0 Å². The van der Waals surface area contributed by atoms with Crippen LogP contribution >= 0.6 is 11.3 Å². The number of carbonyl (C=O) groups is 1. The van der Waals surface area contributed by atoms with Crippen molar-refractivity contribution in [3.05, 3.63) is 87.6 Å². The lowest BCUT2D eigenvalue weighted by atomic mass is 10.0. The van der Waals surface area contributed by atoms with E-state index in [1.807, 2.05) is 48.7 Å². The highest BCUT2D eigenvalue weighted by Gasteiger charge is 2.18. The second-order valence-corrected chi connectivity index (χ2v) is 7.01. The Balaban J connectivity index is 1.69. The minimum atomic E-state index is -0.158. The third-order valence-corrected chi connectivity index (χ3v) is 4.84. The van der Waals surface area contributed by atoms with Crippen molar-refractivity contribution in [1.82, 2.24) is 5.32 Å². The first-order chi connectivity index (χ1) is 12.1. The lowest BCUT2D eigenvalue weighted by Crippen LogP contribution is -2.32. The van der Waals surface area contributed by atoms with Gasteiger partial charge in [-0.1, -0.05) is 48.0 Å². The van der Waals surface area contributed by atoms with Gasteiger partial charge in [0.2, 0.25) is 0 Å². The van der Waals surface area contributed by atoms with Gasteiger partial charge in [0.1, 0.15) is 5.75 Å². The molecule has 0 saturated carbocycles. The number of thiophene rings is 1. The molecule has 1 aromatic heterocycles. The molecule has 0 aliphatic heterocycles. The monoisotopic (exact) mass is 351 g/mol. The maximum atomic E-state index is 12.4. The molecule has 1 unspecified atom stereocenters. The number of hydrogen-bond acceptors (Lipinski definition) is 3. The molecular weight excluding hydrogens is 330 g/mol. The molecule has 3 rings (SSSR count). The first-order valence-corrected chi connectivity index (χ1v) is 9.08. The van der Waals surface area contributed by atoms with E-state index >= 15 is 0 Å². The summed E-state index contributed by atoms with van der Waals surface area (Å²) in [6.45, 7) is 4.05. The van der Waals surface area contributed by atoms with Crippen molar-refractivity contribution >= 4 is 17.2 Å². The summed E-state index contributed by atoms with van der Waals surface area (Å²) in [4.78, 5) is 13.5. The topological polar surface area (TPSA) is 38.3 Å². The number of carbonyl (C=O) groups excluding carboxylic acids is 1. The first kappa shape index (κ1) is 17.2. The number of hydrogen-bond donors (Lipinski definition) is 1. The normalized spacial score (nSPS) is 11.8. The number of amides is 1. The van der Waals surface area contributed by atoms with Gasteiger partial charge in [-0.3, -0.25) is 4.79 Å². The number of benzene rings is 2. The second-order valence-electron chi connectivity index (χ2n) is 6.03. The van der Waals surface area contributed by atoms with E-state index in [1.54, 1.807) is 11.3 Å². The lowest BCUT2D eigenvalue weighted by Gasteiger charge is -2.18. The molecule has 1 atom stereocenters. The summed E-state index contributed by atoms with van der Waals surface area (Å²) in [7, 11) is 0. The molecule has 0 spiro atoms. The van der Waals surface area contributed by atoms with Gasteiger partial charge in [-0.25, -0.2) is 0 Å². The minimum absolute atomic E-state index is 0.00279. The van der Waals surface area contributed by atoms with Crippen LogP contribution in [-0.4, -0.2) is 12.5 Å². The summed E-state index contributed by atoms with van der Waals surface area (Å²) >= 11 is 1.63. The lowest BCUT2D eigenvalue weighted by molar-refractivity contribution is -0.123. The molecule has 0 radical (unpaired) electrons. The Morgan fingerprint density at radius 2 is 1.84 bits per heavy atom. The van der Waals surface area contributed by atoms with Crippen molar-refractivity contribution in [2.75, 3.05) is 6.61 Å². The zero-order chi connectivity index (χ0) is 17.6. The van der Waals surface area contributed by atoms with Crippen LogP contribution in [0.25, 0.3) is 0 Å². The third-order valence-electron chi connectivity index (χ3n) is 3.90. The van der Waals surface area contributed by atoms with Crippen LogP contribution in [-0.2, 0) is 4.79 Å². The molecule has 0 saturated heterocycles. The number of nitrogens with one attached hydrogen (secondary N) is 1. The van der Waals surface area contributed by atoms with Crippen LogP contribution < -0.4 is 10.1 Å². The van der Waals surface area contributed by atoms with Crippen LogP contribution in [0.15, 0.2) is 66.0 Å². The summed E-state index contributed by atoms with van der Waals surface area (Å²) < 4.78 is 5.61. The maximum absolute atomic E-state index is 12.4. The number of aryl methyl sites for hydroxylation is 2. The second kappa shape index (κ2) is 7.99. The van der Waals surface area contributed by atoms with Crippen molar-refractivity contribution in [3.8, 4) is 5.75 Å². The van der Waals surface area contributed by atoms with Gasteiger partial charge in [-0.05, 0) is 48.6 Å². The van der Waals surface area contributed by atoms with Gasteiger partial charge in [0, 0.05) is 4.88 Å². The number of ether oxygens (including phenoxy) is 1. The molecule has 0 aliphatic carbocycles. The number of rotatable bonds is 6. The van der Waals surface area contributed by atoms with Gasteiger partial charge in [-0.2, -0.15) is 0 Å². The fraction of sp³-hybridized carbons (Fsp3) is 0.190. The zero-order valence-electron chi connectivity index (χ0n) is 14.4. The molecule has 0 fully saturated rings. The van der Waals surface area contributed by atoms with Crippen LogP contribution in [0.3, 0.4) is 0 Å². The largest absolute Gasteiger partial charge is 0.484 e. The average molecular weight is 351 g/mol. The molecule has 1 amide bonds. The van der Waals surface area contributed by atoms with E-state index in [-0.39, 0.29) is 18.6 Å². The highest BCUT2D eigenvalue weighted by molar-refractivity contribution is 7.10. The van der Waals surface area contributed by atoms with Crippen LogP contribution in [0.5, 0.6) is 5.75 Å². The predicted molar refractivity (Wildman–Crippen MR) is 102 cm³/mol. The third kappa shape index (κ3) is 4.70. The fourth-order valence-corrected chi connectivity index (χ4v) is 3.39. The van der Waals surface area contributed by atoms with Crippen molar-refractivity contribution < 1.29 is 9.53 Å². The van der Waals surface area contributed by atoms with Gasteiger partial charge in [0.15, 0.2) is 6.61 Å². The van der Waals surface area contributed by atoms with Crippen LogP contribution in [0.4, 0.5) is 0 Å². The van der Waals surface area contributed by atoms with Gasteiger partial charge < -0.3 is 10.1 Å². The average Bonchev–Trinajstić information content (AvgIpc) is 3.13. The zero-order valence-corrected chi connectivity index (χ0v) is 15.2. The quantitative estimate of drug-likeness (QED) is 0.702. The first-order valence-electron chi connectivity index (χ1n) is 8.20. The molecule has 0 aliphatic rings. The maximum Gasteiger partial charge on any atom is 0.258 e. The summed E-state index contributed by atoms with van der Waals surface area (Å²) in [5.74, 6) is 0.568. The molecule has 3 aromatic rings. The van der Waals surface area contributed by atoms with E-state index in [1.165, 1.54) is 5.56 Å². The Labute approximate surface area is 152 Å². The van der Waals surface area contributed by atoms with Gasteiger partial charge in [0.05, 0.1) is 6.04 Å². The fourth-order valence-electron chi connectivity index (χ4n) is 2.59. The molecule has 1 heterocycles. The van der Waals surface area contributed by atoms with Gasteiger partial charge in [-0.15, -0.1) is 11.3 Å². The predicted octanol–water partition coefficient (Wildman–Crippen LogP) is 4.65. The Bertz CT molecular complexity index is 825. The van der Waals surface area contributed by atoms with E-state index in [2.05, 4.69) is 36.5 Å². The standard InChI is InChI=1S/C21H21NO2S/c1-15-8-10-17(11-9-15)21(19-7-4-12-25-19)22-20(23)14-24-18-6-3-5-16(2)13-18/h3-13,21H,14H2,1-2H3,(H,22,23). The minimum Gasteiger partial charge on any atom is -0.484 e. The molecule has 1 N–H and O–H groups in total. The molecule has 3 nitrogen and oxygen atoms in total. The van der Waals surface area contributed by atoms with Gasteiger partial charge >= 0.3 is 0 Å². The van der Waals surface area contributed by atoms with Crippen LogP contribution in [0, 0.1) is 13.8 Å². The SMILES string of the molecule is Cc1ccc(C(NC(=O)COc2cccc(C)c2)c2cccs2)cc1. The summed E-state index contributed by atoms with van der Waals surface area (Å²) in [5, 5.41) is 5.11. The Hall–Kier alpha value is -2.59. The van der Waals surface area contributed by atoms with E-state index in [0.29, 0.717) is 5.75 Å². The Morgan fingerprint density at radius 3 is 2.52 bits per heavy atom. The molecule has 25 heavy (non-hydrogen) atoms. The van der Waals surface area contributed by atoms with E-state index < -0.39 is 0 Å².